The van der Waals surface area contributed by atoms with Crippen molar-refractivity contribution in [1.29, 1.82) is 0 Å². The van der Waals surface area contributed by atoms with E-state index in [1.807, 2.05) is 18.4 Å². The highest BCUT2D eigenvalue weighted by molar-refractivity contribution is 5.76. The minimum Gasteiger partial charge on any atom is -0.390 e. The van der Waals surface area contributed by atoms with Crippen LogP contribution >= 0.6 is 0 Å². The number of imidazole rings is 1. The second-order valence-corrected chi connectivity index (χ2v) is 10.9. The summed E-state index contributed by atoms with van der Waals surface area (Å²) in [4.78, 5) is 14.0. The Balaban J connectivity index is 1.48. The molecule has 10 heteroatoms. The number of nitrogens with one attached hydrogen (secondary N) is 2. The summed E-state index contributed by atoms with van der Waals surface area (Å²) in [6.07, 6.45) is 8.94. The summed E-state index contributed by atoms with van der Waals surface area (Å²) in [7, 11) is 0. The molecule has 8 nitrogen and oxygen atoms in total. The number of hydrogen-bond acceptors (Lipinski definition) is 7. The van der Waals surface area contributed by atoms with Crippen LogP contribution < -0.4 is 16.4 Å². The number of anilines is 3. The summed E-state index contributed by atoms with van der Waals surface area (Å²) in [6.45, 7) is 3.72. The Morgan fingerprint density at radius 3 is 2.42 bits per heavy atom. The molecular weight excluding hydrogens is 464 g/mol. The van der Waals surface area contributed by atoms with Gasteiger partial charge in [-0.15, -0.1) is 0 Å². The van der Waals surface area contributed by atoms with E-state index in [0.717, 1.165) is 57.4 Å². The largest absolute Gasteiger partial charge is 0.390 e. The molecule has 2 aliphatic rings. The SMILES string of the molecule is CC(C)(O)C1CCC(n2c(Nc3ccc(F)cc3F)nc3cnc(NC4CCC(N)CC4)nc32)CC1. The standard InChI is InChI=1S/C26H35F2N7O/c1-26(2,36)15-3-10-19(11-4-15)35-23-22(33-25(35)32-21-12-5-16(27)13-20(21)28)14-30-24(34-23)31-18-8-6-17(29)7-9-18/h5,12-15,17-19,36H,3-4,6-11,29H2,1-2H3,(H,32,33)(H,30,31,34). The van der Waals surface area contributed by atoms with Gasteiger partial charge in [-0.05, 0) is 83.3 Å². The van der Waals surface area contributed by atoms with Crippen molar-refractivity contribution < 1.29 is 13.9 Å². The van der Waals surface area contributed by atoms with Gasteiger partial charge >= 0.3 is 0 Å². The first-order chi connectivity index (χ1) is 17.2. The number of aromatic nitrogens is 4. The number of aliphatic hydroxyl groups is 1. The molecule has 0 bridgehead atoms. The molecule has 1 aromatic carbocycles. The van der Waals surface area contributed by atoms with Crippen LogP contribution in [0.3, 0.4) is 0 Å². The van der Waals surface area contributed by atoms with Crippen LogP contribution in [0.4, 0.5) is 26.4 Å². The van der Waals surface area contributed by atoms with Crippen LogP contribution in [0.5, 0.6) is 0 Å². The van der Waals surface area contributed by atoms with Crippen molar-refractivity contribution in [3.05, 3.63) is 36.0 Å². The molecule has 2 heterocycles. The van der Waals surface area contributed by atoms with Crippen LogP contribution in [0, 0.1) is 17.6 Å². The molecule has 5 N–H and O–H groups in total. The Morgan fingerprint density at radius 1 is 1.03 bits per heavy atom. The van der Waals surface area contributed by atoms with E-state index in [9.17, 15) is 13.9 Å². The molecule has 0 radical (unpaired) electrons. The molecule has 0 unspecified atom stereocenters. The van der Waals surface area contributed by atoms with Gasteiger partial charge in [-0.1, -0.05) is 0 Å². The van der Waals surface area contributed by atoms with Crippen LogP contribution in [0.1, 0.15) is 71.3 Å². The first kappa shape index (κ1) is 24.8. The zero-order chi connectivity index (χ0) is 25.4. The Labute approximate surface area is 209 Å². The zero-order valence-electron chi connectivity index (χ0n) is 20.8. The van der Waals surface area contributed by atoms with E-state index >= 15 is 0 Å². The van der Waals surface area contributed by atoms with Gasteiger partial charge in [0.05, 0.1) is 17.5 Å². The van der Waals surface area contributed by atoms with Crippen LogP contribution in [0.25, 0.3) is 11.2 Å². The lowest BCUT2D eigenvalue weighted by Gasteiger charge is -2.36. The van der Waals surface area contributed by atoms with Gasteiger partial charge in [-0.2, -0.15) is 4.98 Å². The van der Waals surface area contributed by atoms with Crippen molar-refractivity contribution in [2.24, 2.45) is 11.7 Å². The number of fused-ring (bicyclic) bond motifs is 1. The van der Waals surface area contributed by atoms with Gasteiger partial charge in [-0.25, -0.2) is 18.7 Å². The molecule has 3 aromatic rings. The summed E-state index contributed by atoms with van der Waals surface area (Å²) < 4.78 is 30.0. The van der Waals surface area contributed by atoms with Gasteiger partial charge in [0.15, 0.2) is 5.65 Å². The summed E-state index contributed by atoms with van der Waals surface area (Å²) in [5.41, 5.74) is 6.72. The lowest BCUT2D eigenvalue weighted by Crippen LogP contribution is -2.34. The molecule has 2 aliphatic carbocycles. The normalized spacial score (nSPS) is 25.2. The monoisotopic (exact) mass is 499 g/mol. The molecule has 5 rings (SSSR count). The van der Waals surface area contributed by atoms with Crippen molar-refractivity contribution in [2.75, 3.05) is 10.6 Å². The fourth-order valence-electron chi connectivity index (χ4n) is 5.59. The maximum atomic E-state index is 14.5. The predicted octanol–water partition coefficient (Wildman–Crippen LogP) is 5.03. The van der Waals surface area contributed by atoms with E-state index in [-0.39, 0.29) is 29.7 Å². The van der Waals surface area contributed by atoms with Crippen LogP contribution in [-0.2, 0) is 0 Å². The average molecular weight is 500 g/mol. The summed E-state index contributed by atoms with van der Waals surface area (Å²) in [5, 5.41) is 17.0. The maximum absolute atomic E-state index is 14.5. The third kappa shape index (κ3) is 5.29. The quantitative estimate of drug-likeness (QED) is 0.376. The summed E-state index contributed by atoms with van der Waals surface area (Å²) >= 11 is 0. The van der Waals surface area contributed by atoms with E-state index in [2.05, 4.69) is 20.6 Å². The van der Waals surface area contributed by atoms with Crippen molar-refractivity contribution in [3.8, 4) is 0 Å². The van der Waals surface area contributed by atoms with Gasteiger partial charge in [0.1, 0.15) is 17.2 Å². The van der Waals surface area contributed by atoms with Crippen molar-refractivity contribution in [2.45, 2.75) is 88.9 Å². The summed E-state index contributed by atoms with van der Waals surface area (Å²) in [5.74, 6) is -0.143. The third-order valence-electron chi connectivity index (χ3n) is 7.78. The van der Waals surface area contributed by atoms with Gasteiger partial charge < -0.3 is 21.5 Å². The lowest BCUT2D eigenvalue weighted by atomic mass is 9.77. The van der Waals surface area contributed by atoms with Crippen LogP contribution in [-0.4, -0.2) is 42.3 Å². The molecule has 2 aromatic heterocycles. The second kappa shape index (κ2) is 9.89. The van der Waals surface area contributed by atoms with Crippen LogP contribution in [0.15, 0.2) is 24.4 Å². The molecule has 0 spiro atoms. The molecule has 2 fully saturated rings. The average Bonchev–Trinajstić information content (AvgIpc) is 3.19. The Kier molecular flexibility index (Phi) is 6.82. The lowest BCUT2D eigenvalue weighted by molar-refractivity contribution is -0.00457. The molecule has 0 saturated heterocycles. The zero-order valence-corrected chi connectivity index (χ0v) is 20.8. The fraction of sp³-hybridized carbons (Fsp3) is 0.577. The number of nitrogens with zero attached hydrogens (tertiary/aromatic N) is 4. The van der Waals surface area contributed by atoms with E-state index in [0.29, 0.717) is 23.1 Å². The molecule has 36 heavy (non-hydrogen) atoms. The van der Waals surface area contributed by atoms with E-state index in [4.69, 9.17) is 10.7 Å². The second-order valence-electron chi connectivity index (χ2n) is 10.9. The van der Waals surface area contributed by atoms with E-state index < -0.39 is 17.2 Å². The fourth-order valence-corrected chi connectivity index (χ4v) is 5.59. The van der Waals surface area contributed by atoms with Gasteiger partial charge in [0.25, 0.3) is 0 Å². The number of rotatable bonds is 6. The third-order valence-corrected chi connectivity index (χ3v) is 7.78. The molecule has 194 valence electrons. The smallest absolute Gasteiger partial charge is 0.224 e. The highest BCUT2D eigenvalue weighted by Gasteiger charge is 2.33. The van der Waals surface area contributed by atoms with Crippen molar-refractivity contribution >= 4 is 28.7 Å². The van der Waals surface area contributed by atoms with Gasteiger partial charge in [0.2, 0.25) is 11.9 Å². The number of halogens is 2. The van der Waals surface area contributed by atoms with E-state index in [1.165, 1.54) is 12.1 Å². The number of benzene rings is 1. The Morgan fingerprint density at radius 2 is 1.75 bits per heavy atom. The summed E-state index contributed by atoms with van der Waals surface area (Å²) in [6, 6.07) is 4.02. The Hall–Kier alpha value is -2.85. The topological polar surface area (TPSA) is 114 Å². The molecule has 0 aliphatic heterocycles. The minimum absolute atomic E-state index is 0.0649. The van der Waals surface area contributed by atoms with Crippen LogP contribution in [0.2, 0.25) is 0 Å². The van der Waals surface area contributed by atoms with Gasteiger partial charge in [-0.3, -0.25) is 4.57 Å². The number of hydrogen-bond donors (Lipinski definition) is 4. The highest BCUT2D eigenvalue weighted by atomic mass is 19.1. The highest BCUT2D eigenvalue weighted by Crippen LogP contribution is 2.40. The minimum atomic E-state index is -0.734. The number of nitrogens with two attached hydrogens (primary N) is 1. The first-order valence-electron chi connectivity index (χ1n) is 12.9. The van der Waals surface area contributed by atoms with Gasteiger partial charge in [0, 0.05) is 24.2 Å². The van der Waals surface area contributed by atoms with Crippen molar-refractivity contribution in [3.63, 3.8) is 0 Å². The molecule has 2 saturated carbocycles. The Bertz CT molecular complexity index is 1210. The molecule has 0 atom stereocenters. The molecule has 0 amide bonds. The van der Waals surface area contributed by atoms with Crippen molar-refractivity contribution in [1.82, 2.24) is 19.5 Å². The molecular formula is C26H35F2N7O. The maximum Gasteiger partial charge on any atom is 0.224 e. The first-order valence-corrected chi connectivity index (χ1v) is 12.9. The predicted molar refractivity (Wildman–Crippen MR) is 136 cm³/mol. The van der Waals surface area contributed by atoms with E-state index in [1.54, 1.807) is 6.20 Å².